The molecule has 1 N–H and O–H groups in total. The van der Waals surface area contributed by atoms with E-state index < -0.39 is 5.92 Å². The van der Waals surface area contributed by atoms with Crippen LogP contribution in [0, 0.1) is 5.92 Å². The second kappa shape index (κ2) is 2.60. The Hall–Kier alpha value is -1.19. The van der Waals surface area contributed by atoms with Gasteiger partial charge in [-0.25, -0.2) is 4.99 Å². The lowest BCUT2D eigenvalue weighted by molar-refractivity contribution is -0.133. The zero-order valence-electron chi connectivity index (χ0n) is 5.63. The van der Waals surface area contributed by atoms with Crippen LogP contribution in [0.5, 0.6) is 0 Å². The number of aliphatic imine (C=N–C) groups is 1. The molecule has 0 saturated carbocycles. The summed E-state index contributed by atoms with van der Waals surface area (Å²) in [6.45, 7) is 1.78. The topological polar surface area (TPSA) is 58.5 Å². The van der Waals surface area contributed by atoms with Gasteiger partial charge in [0.2, 0.25) is 5.91 Å². The minimum atomic E-state index is -0.565. The molecule has 1 aliphatic heterocycles. The van der Waals surface area contributed by atoms with Gasteiger partial charge in [-0.05, 0) is 6.42 Å². The lowest BCUT2D eigenvalue weighted by Crippen LogP contribution is -2.38. The Morgan fingerprint density at radius 1 is 1.70 bits per heavy atom. The first-order valence-corrected chi connectivity index (χ1v) is 3.12. The summed E-state index contributed by atoms with van der Waals surface area (Å²) in [5.41, 5.74) is 0. The minimum Gasteiger partial charge on any atom is -0.316 e. The van der Waals surface area contributed by atoms with Gasteiger partial charge in [0.1, 0.15) is 5.92 Å². The quantitative estimate of drug-likeness (QED) is 0.508. The molecule has 1 aliphatic rings. The first kappa shape index (κ1) is 6.92. The van der Waals surface area contributed by atoms with Crippen LogP contribution >= 0.6 is 0 Å². The molecule has 10 heavy (non-hydrogen) atoms. The Labute approximate surface area is 58.3 Å². The fourth-order valence-corrected chi connectivity index (χ4v) is 0.822. The highest BCUT2D eigenvalue weighted by atomic mass is 16.2. The number of carbonyl (C=O) groups is 2. The van der Waals surface area contributed by atoms with Crippen LogP contribution in [0.15, 0.2) is 4.99 Å². The number of amides is 2. The SMILES string of the molecule is CCC1C(=O)N=CNC1=O. The highest BCUT2D eigenvalue weighted by molar-refractivity contribution is 6.10. The Kier molecular flexibility index (Phi) is 1.80. The van der Waals surface area contributed by atoms with Crippen molar-refractivity contribution in [1.29, 1.82) is 0 Å². The first-order chi connectivity index (χ1) is 4.75. The maximum absolute atomic E-state index is 10.8. The molecule has 0 bridgehead atoms. The zero-order valence-corrected chi connectivity index (χ0v) is 5.63. The molecule has 2 amide bonds. The molecule has 1 rings (SSSR count). The van der Waals surface area contributed by atoms with E-state index in [0.717, 1.165) is 6.34 Å². The zero-order chi connectivity index (χ0) is 7.56. The molecule has 54 valence electrons. The molecule has 0 aliphatic carbocycles. The largest absolute Gasteiger partial charge is 0.316 e. The summed E-state index contributed by atoms with van der Waals surface area (Å²) in [5.74, 6) is -1.15. The molecular formula is C6H8N2O2. The fourth-order valence-electron chi connectivity index (χ4n) is 0.822. The average molecular weight is 140 g/mol. The third-order valence-corrected chi connectivity index (χ3v) is 1.42. The van der Waals surface area contributed by atoms with Crippen molar-refractivity contribution in [3.8, 4) is 0 Å². The van der Waals surface area contributed by atoms with E-state index in [2.05, 4.69) is 10.3 Å². The summed E-state index contributed by atoms with van der Waals surface area (Å²) < 4.78 is 0. The molecule has 1 heterocycles. The molecular weight excluding hydrogens is 132 g/mol. The summed E-state index contributed by atoms with van der Waals surface area (Å²) in [4.78, 5) is 25.0. The van der Waals surface area contributed by atoms with Crippen LogP contribution < -0.4 is 5.32 Å². The van der Waals surface area contributed by atoms with E-state index in [-0.39, 0.29) is 11.8 Å². The highest BCUT2D eigenvalue weighted by Gasteiger charge is 2.25. The number of hydrogen-bond acceptors (Lipinski definition) is 2. The van der Waals surface area contributed by atoms with E-state index in [1.165, 1.54) is 0 Å². The van der Waals surface area contributed by atoms with Crippen LogP contribution in [0.3, 0.4) is 0 Å². The first-order valence-electron chi connectivity index (χ1n) is 3.12. The van der Waals surface area contributed by atoms with Gasteiger partial charge in [0, 0.05) is 0 Å². The van der Waals surface area contributed by atoms with Crippen molar-refractivity contribution < 1.29 is 9.59 Å². The monoisotopic (exact) mass is 140 g/mol. The molecule has 1 unspecified atom stereocenters. The molecule has 4 nitrogen and oxygen atoms in total. The van der Waals surface area contributed by atoms with E-state index in [0.29, 0.717) is 6.42 Å². The predicted molar refractivity (Wildman–Crippen MR) is 35.4 cm³/mol. The summed E-state index contributed by atoms with van der Waals surface area (Å²) in [7, 11) is 0. The second-order valence-electron chi connectivity index (χ2n) is 2.07. The van der Waals surface area contributed by atoms with Gasteiger partial charge in [-0.15, -0.1) is 0 Å². The van der Waals surface area contributed by atoms with Gasteiger partial charge in [-0.1, -0.05) is 6.92 Å². The number of nitrogens with zero attached hydrogens (tertiary/aromatic N) is 1. The predicted octanol–water partition coefficient (Wildman–Crippen LogP) is -0.303. The molecule has 0 saturated heterocycles. The lowest BCUT2D eigenvalue weighted by Gasteiger charge is -2.12. The molecule has 0 aromatic heterocycles. The molecule has 0 aromatic rings. The standard InChI is InChI=1S/C6H8N2O2/c1-2-4-5(9)7-3-8-6(4)10/h3-4H,2H2,1H3,(H,7,8,9,10). The Morgan fingerprint density at radius 2 is 2.40 bits per heavy atom. The Bertz CT molecular complexity index is 198. The van der Waals surface area contributed by atoms with Crippen molar-refractivity contribution in [2.75, 3.05) is 0 Å². The van der Waals surface area contributed by atoms with Crippen LogP contribution in [0.1, 0.15) is 13.3 Å². The van der Waals surface area contributed by atoms with Gasteiger partial charge in [-0.3, -0.25) is 9.59 Å². The van der Waals surface area contributed by atoms with Gasteiger partial charge in [-0.2, -0.15) is 0 Å². The molecule has 1 atom stereocenters. The number of hydrogen-bond donors (Lipinski definition) is 1. The smallest absolute Gasteiger partial charge is 0.259 e. The summed E-state index contributed by atoms with van der Waals surface area (Å²) in [5, 5.41) is 2.36. The van der Waals surface area contributed by atoms with Crippen LogP contribution in [0.2, 0.25) is 0 Å². The van der Waals surface area contributed by atoms with Gasteiger partial charge >= 0.3 is 0 Å². The van der Waals surface area contributed by atoms with Gasteiger partial charge < -0.3 is 5.32 Å². The molecule has 0 radical (unpaired) electrons. The van der Waals surface area contributed by atoms with E-state index in [9.17, 15) is 9.59 Å². The van der Waals surface area contributed by atoms with E-state index >= 15 is 0 Å². The average Bonchev–Trinajstić information content (AvgIpc) is 1.88. The number of rotatable bonds is 1. The van der Waals surface area contributed by atoms with E-state index in [1.807, 2.05) is 0 Å². The van der Waals surface area contributed by atoms with Crippen molar-refractivity contribution in [3.63, 3.8) is 0 Å². The van der Waals surface area contributed by atoms with Crippen LogP contribution in [0.4, 0.5) is 0 Å². The van der Waals surface area contributed by atoms with Gasteiger partial charge in [0.05, 0.1) is 6.34 Å². The van der Waals surface area contributed by atoms with Crippen molar-refractivity contribution in [2.45, 2.75) is 13.3 Å². The molecule has 4 heteroatoms. The molecule has 0 aromatic carbocycles. The Balaban J connectivity index is 2.77. The Morgan fingerprint density at radius 3 is 2.80 bits per heavy atom. The fraction of sp³-hybridized carbons (Fsp3) is 0.500. The number of carbonyl (C=O) groups excluding carboxylic acids is 2. The maximum atomic E-state index is 10.8. The molecule has 0 spiro atoms. The minimum absolute atomic E-state index is 0.248. The van der Waals surface area contributed by atoms with E-state index in [1.54, 1.807) is 6.92 Å². The third-order valence-electron chi connectivity index (χ3n) is 1.42. The lowest BCUT2D eigenvalue weighted by atomic mass is 10.0. The van der Waals surface area contributed by atoms with E-state index in [4.69, 9.17) is 0 Å². The van der Waals surface area contributed by atoms with Crippen LogP contribution in [-0.4, -0.2) is 18.2 Å². The summed E-state index contributed by atoms with van der Waals surface area (Å²) >= 11 is 0. The van der Waals surface area contributed by atoms with Crippen molar-refractivity contribution in [1.82, 2.24) is 5.32 Å². The number of nitrogens with one attached hydrogen (secondary N) is 1. The van der Waals surface area contributed by atoms with Gasteiger partial charge in [0.25, 0.3) is 5.91 Å². The third kappa shape index (κ3) is 1.05. The van der Waals surface area contributed by atoms with Crippen molar-refractivity contribution >= 4 is 18.2 Å². The van der Waals surface area contributed by atoms with Crippen LogP contribution in [0.25, 0.3) is 0 Å². The van der Waals surface area contributed by atoms with Crippen molar-refractivity contribution in [3.05, 3.63) is 0 Å². The summed E-state index contributed by atoms with van der Waals surface area (Å²) in [6.07, 6.45) is 1.65. The normalized spacial score (nSPS) is 24.7. The van der Waals surface area contributed by atoms with Crippen molar-refractivity contribution in [2.24, 2.45) is 10.9 Å². The highest BCUT2D eigenvalue weighted by Crippen LogP contribution is 2.06. The maximum Gasteiger partial charge on any atom is 0.259 e. The van der Waals surface area contributed by atoms with Crippen LogP contribution in [-0.2, 0) is 9.59 Å². The second-order valence-corrected chi connectivity index (χ2v) is 2.07. The molecule has 0 fully saturated rings. The van der Waals surface area contributed by atoms with Gasteiger partial charge in [0.15, 0.2) is 0 Å². The summed E-state index contributed by atoms with van der Waals surface area (Å²) in [6, 6.07) is 0.